The van der Waals surface area contributed by atoms with E-state index in [-0.39, 0.29) is 0 Å². The second-order valence-electron chi connectivity index (χ2n) is 5.18. The molecule has 1 aliphatic heterocycles. The summed E-state index contributed by atoms with van der Waals surface area (Å²) in [6, 6.07) is 15.3. The van der Waals surface area contributed by atoms with Crippen molar-refractivity contribution in [2.75, 3.05) is 0 Å². The maximum absolute atomic E-state index is 2.54. The molecule has 4 rings (SSSR count). The van der Waals surface area contributed by atoms with Crippen LogP contribution >= 0.6 is 22.7 Å². The molecule has 3 aromatic rings. The Labute approximate surface area is 127 Å². The number of nitrogens with zero attached hydrogens (tertiary/aromatic N) is 1. The normalized spacial score (nSPS) is 14.6. The first-order valence-corrected chi connectivity index (χ1v) is 8.55. The summed E-state index contributed by atoms with van der Waals surface area (Å²) in [5.74, 6) is 0. The van der Waals surface area contributed by atoms with Crippen molar-refractivity contribution in [3.8, 4) is 9.75 Å². The Kier molecular flexibility index (Phi) is 3.19. The molecule has 0 saturated heterocycles. The number of fused-ring (bicyclic) bond motifs is 3. The highest BCUT2D eigenvalue weighted by molar-refractivity contribution is 7.20. The summed E-state index contributed by atoms with van der Waals surface area (Å²) < 4.78 is 0. The third-order valence-corrected chi connectivity index (χ3v) is 5.81. The Bertz CT molecular complexity index is 669. The summed E-state index contributed by atoms with van der Waals surface area (Å²) in [6.45, 7) is 3.12. The summed E-state index contributed by atoms with van der Waals surface area (Å²) in [5, 5.41) is 4.44. The summed E-state index contributed by atoms with van der Waals surface area (Å²) in [4.78, 5) is 5.50. The van der Waals surface area contributed by atoms with Crippen molar-refractivity contribution < 1.29 is 0 Å². The lowest BCUT2D eigenvalue weighted by molar-refractivity contribution is 0.251. The molecule has 0 atom stereocenters. The molecule has 1 nitrogen and oxygen atoms in total. The van der Waals surface area contributed by atoms with Crippen LogP contribution in [0.2, 0.25) is 0 Å². The SMILES string of the molecule is c1ccc(CN2Cc3ccsc3-c3sccc3C2)cc1. The van der Waals surface area contributed by atoms with E-state index < -0.39 is 0 Å². The first kappa shape index (κ1) is 12.3. The number of hydrogen-bond acceptors (Lipinski definition) is 3. The number of thiophene rings is 2. The number of benzene rings is 1. The number of hydrogen-bond donors (Lipinski definition) is 0. The standard InChI is InChI=1S/C17H15NS2/c1-2-4-13(5-3-1)10-18-11-14-6-8-19-16(14)17-15(12-18)7-9-20-17/h1-9H,10-12H2. The molecule has 0 fully saturated rings. The maximum Gasteiger partial charge on any atom is 0.0490 e. The van der Waals surface area contributed by atoms with Crippen molar-refractivity contribution >= 4 is 22.7 Å². The molecule has 0 unspecified atom stereocenters. The molecule has 3 heterocycles. The highest BCUT2D eigenvalue weighted by Crippen LogP contribution is 2.40. The minimum absolute atomic E-state index is 1.02. The third kappa shape index (κ3) is 2.22. The molecule has 3 heteroatoms. The monoisotopic (exact) mass is 297 g/mol. The Hall–Kier alpha value is -1.42. The van der Waals surface area contributed by atoms with E-state index in [9.17, 15) is 0 Å². The molecule has 1 aliphatic rings. The topological polar surface area (TPSA) is 3.24 Å². The van der Waals surface area contributed by atoms with Crippen LogP contribution in [0.1, 0.15) is 16.7 Å². The molecule has 0 N–H and O–H groups in total. The van der Waals surface area contributed by atoms with Crippen molar-refractivity contribution in [3.05, 3.63) is 69.9 Å². The minimum Gasteiger partial charge on any atom is -0.290 e. The van der Waals surface area contributed by atoms with Gasteiger partial charge in [0.25, 0.3) is 0 Å². The van der Waals surface area contributed by atoms with Gasteiger partial charge in [-0.25, -0.2) is 0 Å². The molecule has 1 aromatic carbocycles. The molecular formula is C17H15NS2. The van der Waals surface area contributed by atoms with Gasteiger partial charge in [-0.3, -0.25) is 4.90 Å². The fourth-order valence-electron chi connectivity index (χ4n) is 2.81. The fraction of sp³-hybridized carbons (Fsp3) is 0.176. The Morgan fingerprint density at radius 2 is 1.40 bits per heavy atom. The van der Waals surface area contributed by atoms with Gasteiger partial charge in [-0.05, 0) is 39.6 Å². The Morgan fingerprint density at radius 3 is 2.00 bits per heavy atom. The van der Waals surface area contributed by atoms with Crippen molar-refractivity contribution in [2.24, 2.45) is 0 Å². The van der Waals surface area contributed by atoms with Gasteiger partial charge in [-0.15, -0.1) is 22.7 Å². The van der Waals surface area contributed by atoms with Gasteiger partial charge in [0.1, 0.15) is 0 Å². The van der Waals surface area contributed by atoms with Crippen LogP contribution in [-0.2, 0) is 19.6 Å². The predicted molar refractivity (Wildman–Crippen MR) is 87.0 cm³/mol. The highest BCUT2D eigenvalue weighted by Gasteiger charge is 2.21. The molecule has 2 aromatic heterocycles. The van der Waals surface area contributed by atoms with Gasteiger partial charge in [0.05, 0.1) is 0 Å². The fourth-order valence-corrected chi connectivity index (χ4v) is 4.88. The summed E-state index contributed by atoms with van der Waals surface area (Å²) in [7, 11) is 0. The van der Waals surface area contributed by atoms with Crippen molar-refractivity contribution in [1.82, 2.24) is 4.90 Å². The molecule has 100 valence electrons. The first-order valence-electron chi connectivity index (χ1n) is 6.79. The largest absolute Gasteiger partial charge is 0.290 e. The maximum atomic E-state index is 2.54. The van der Waals surface area contributed by atoms with Crippen LogP contribution in [0.5, 0.6) is 0 Å². The smallest absolute Gasteiger partial charge is 0.0490 e. The molecule has 0 amide bonds. The Balaban J connectivity index is 1.68. The van der Waals surface area contributed by atoms with E-state index >= 15 is 0 Å². The van der Waals surface area contributed by atoms with Gasteiger partial charge < -0.3 is 0 Å². The zero-order valence-electron chi connectivity index (χ0n) is 11.1. The van der Waals surface area contributed by atoms with E-state index in [1.165, 1.54) is 26.4 Å². The van der Waals surface area contributed by atoms with Gasteiger partial charge in [0.15, 0.2) is 0 Å². The second kappa shape index (κ2) is 5.17. The molecule has 0 bridgehead atoms. The number of rotatable bonds is 2. The van der Waals surface area contributed by atoms with Crippen LogP contribution in [0.3, 0.4) is 0 Å². The van der Waals surface area contributed by atoms with Gasteiger partial charge in [0.2, 0.25) is 0 Å². The van der Waals surface area contributed by atoms with Gasteiger partial charge >= 0.3 is 0 Å². The zero-order chi connectivity index (χ0) is 13.4. The van der Waals surface area contributed by atoms with E-state index in [0.717, 1.165) is 19.6 Å². The van der Waals surface area contributed by atoms with Crippen LogP contribution in [0.4, 0.5) is 0 Å². The summed E-state index contributed by atoms with van der Waals surface area (Å²) in [5.41, 5.74) is 4.35. The van der Waals surface area contributed by atoms with E-state index in [1.807, 2.05) is 22.7 Å². The second-order valence-corrected chi connectivity index (χ2v) is 7.01. The van der Waals surface area contributed by atoms with Gasteiger partial charge in [-0.2, -0.15) is 0 Å². The zero-order valence-corrected chi connectivity index (χ0v) is 12.7. The molecular weight excluding hydrogens is 282 g/mol. The molecule has 0 aliphatic carbocycles. The van der Waals surface area contributed by atoms with Crippen molar-refractivity contribution in [2.45, 2.75) is 19.6 Å². The van der Waals surface area contributed by atoms with Crippen LogP contribution < -0.4 is 0 Å². The molecule has 0 radical (unpaired) electrons. The lowest BCUT2D eigenvalue weighted by Gasteiger charge is -2.20. The van der Waals surface area contributed by atoms with Crippen LogP contribution in [0, 0.1) is 0 Å². The summed E-state index contributed by atoms with van der Waals surface area (Å²) >= 11 is 3.76. The van der Waals surface area contributed by atoms with Crippen molar-refractivity contribution in [3.63, 3.8) is 0 Å². The van der Waals surface area contributed by atoms with E-state index in [0.29, 0.717) is 0 Å². The lowest BCUT2D eigenvalue weighted by Crippen LogP contribution is -2.20. The van der Waals surface area contributed by atoms with E-state index in [4.69, 9.17) is 0 Å². The average Bonchev–Trinajstić information content (AvgIpc) is 3.07. The summed E-state index contributed by atoms with van der Waals surface area (Å²) in [6.07, 6.45) is 0. The van der Waals surface area contributed by atoms with Crippen LogP contribution in [0.15, 0.2) is 53.2 Å². The Morgan fingerprint density at radius 1 is 0.800 bits per heavy atom. The molecule has 0 saturated carbocycles. The molecule has 20 heavy (non-hydrogen) atoms. The van der Waals surface area contributed by atoms with Gasteiger partial charge in [0, 0.05) is 29.4 Å². The average molecular weight is 297 g/mol. The van der Waals surface area contributed by atoms with Gasteiger partial charge in [-0.1, -0.05) is 30.3 Å². The predicted octanol–water partition coefficient (Wildman–Crippen LogP) is 4.99. The third-order valence-electron chi connectivity index (χ3n) is 3.74. The van der Waals surface area contributed by atoms with Crippen molar-refractivity contribution in [1.29, 1.82) is 0 Å². The van der Waals surface area contributed by atoms with E-state index in [1.54, 1.807) is 0 Å². The quantitative estimate of drug-likeness (QED) is 0.644. The first-order chi connectivity index (χ1) is 9.90. The lowest BCUT2D eigenvalue weighted by atomic mass is 10.2. The van der Waals surface area contributed by atoms with Crippen LogP contribution in [-0.4, -0.2) is 4.90 Å². The highest BCUT2D eigenvalue weighted by atomic mass is 32.1. The van der Waals surface area contributed by atoms with Crippen LogP contribution in [0.25, 0.3) is 9.75 Å². The molecule has 0 spiro atoms. The minimum atomic E-state index is 1.02. The van der Waals surface area contributed by atoms with E-state index in [2.05, 4.69) is 58.1 Å².